The maximum Gasteiger partial charge on any atom is 0.409 e. The molecule has 1 saturated carbocycles. The van der Waals surface area contributed by atoms with Crippen LogP contribution in [0.15, 0.2) is 22.7 Å². The van der Waals surface area contributed by atoms with Gasteiger partial charge in [0.15, 0.2) is 11.0 Å². The molecule has 0 unspecified atom stereocenters. The normalized spacial score (nSPS) is 17.0. The van der Waals surface area contributed by atoms with Gasteiger partial charge in [0.05, 0.1) is 17.2 Å². The van der Waals surface area contributed by atoms with Gasteiger partial charge < -0.3 is 14.5 Å². The predicted molar refractivity (Wildman–Crippen MR) is 108 cm³/mol. The molecule has 0 spiro atoms. The summed E-state index contributed by atoms with van der Waals surface area (Å²) in [7, 11) is 0. The van der Waals surface area contributed by atoms with Crippen molar-refractivity contribution in [2.24, 2.45) is 0 Å². The smallest absolute Gasteiger partial charge is 0.409 e. The maximum absolute atomic E-state index is 12.6. The van der Waals surface area contributed by atoms with E-state index in [0.717, 1.165) is 28.7 Å². The van der Waals surface area contributed by atoms with Crippen LogP contribution in [0, 0.1) is 0 Å². The van der Waals surface area contributed by atoms with E-state index in [9.17, 15) is 9.59 Å². The van der Waals surface area contributed by atoms with Crippen LogP contribution in [0.5, 0.6) is 0 Å². The van der Waals surface area contributed by atoms with Gasteiger partial charge in [-0.1, -0.05) is 17.8 Å². The number of hydrogen-bond donors (Lipinski definition) is 0. The highest BCUT2D eigenvalue weighted by molar-refractivity contribution is 7.99. The topological polar surface area (TPSA) is 80.6 Å². The molecule has 150 valence electrons. The van der Waals surface area contributed by atoms with Gasteiger partial charge in [-0.05, 0) is 31.2 Å². The van der Waals surface area contributed by atoms with Crippen LogP contribution in [0.2, 0.25) is 0 Å². The van der Waals surface area contributed by atoms with Crippen molar-refractivity contribution in [1.82, 2.24) is 24.6 Å². The Morgan fingerprint density at radius 2 is 1.96 bits per heavy atom. The van der Waals surface area contributed by atoms with Crippen LogP contribution in [0.4, 0.5) is 4.79 Å². The number of thiophene rings is 1. The standard InChI is InChI=1S/C18H23N5O3S2/c1-2-26-18(25)22-9-7-21(8-10-22)15(24)12-28-17-20-19-16(14-4-3-11-27-14)23(17)13-5-6-13/h3-4,11,13H,2,5-10,12H2,1H3. The minimum absolute atomic E-state index is 0.0662. The minimum Gasteiger partial charge on any atom is -0.450 e. The fourth-order valence-electron chi connectivity index (χ4n) is 3.18. The van der Waals surface area contributed by atoms with E-state index in [0.29, 0.717) is 44.6 Å². The number of aromatic nitrogens is 3. The molecule has 2 aliphatic rings. The van der Waals surface area contributed by atoms with E-state index in [2.05, 4.69) is 20.8 Å². The zero-order valence-electron chi connectivity index (χ0n) is 15.7. The van der Waals surface area contributed by atoms with Gasteiger partial charge in [-0.25, -0.2) is 4.79 Å². The summed E-state index contributed by atoms with van der Waals surface area (Å²) < 4.78 is 7.20. The molecule has 1 saturated heterocycles. The van der Waals surface area contributed by atoms with Gasteiger partial charge in [0, 0.05) is 32.2 Å². The fourth-order valence-corrected chi connectivity index (χ4v) is 4.80. The Labute approximate surface area is 171 Å². The number of piperazine rings is 1. The lowest BCUT2D eigenvalue weighted by atomic mass is 10.3. The third-order valence-corrected chi connectivity index (χ3v) is 6.59. The Balaban J connectivity index is 1.34. The number of amides is 2. The Kier molecular flexibility index (Phi) is 5.86. The molecule has 3 heterocycles. The molecule has 1 aliphatic carbocycles. The first-order valence-electron chi connectivity index (χ1n) is 9.48. The molecule has 2 fully saturated rings. The van der Waals surface area contributed by atoms with E-state index in [1.54, 1.807) is 28.1 Å². The Morgan fingerprint density at radius 1 is 1.21 bits per heavy atom. The molecule has 4 rings (SSSR count). The predicted octanol–water partition coefficient (Wildman–Crippen LogP) is 2.73. The van der Waals surface area contributed by atoms with Crippen LogP contribution in [0.1, 0.15) is 25.8 Å². The number of thioether (sulfide) groups is 1. The average Bonchev–Trinajstić information content (AvgIpc) is 3.23. The lowest BCUT2D eigenvalue weighted by Gasteiger charge is -2.34. The van der Waals surface area contributed by atoms with Crippen molar-refractivity contribution in [3.63, 3.8) is 0 Å². The van der Waals surface area contributed by atoms with Crippen LogP contribution < -0.4 is 0 Å². The molecule has 0 atom stereocenters. The Bertz CT molecular complexity index is 826. The molecule has 0 radical (unpaired) electrons. The van der Waals surface area contributed by atoms with E-state index in [4.69, 9.17) is 4.74 Å². The van der Waals surface area contributed by atoms with Crippen molar-refractivity contribution < 1.29 is 14.3 Å². The first-order valence-corrected chi connectivity index (χ1v) is 11.3. The van der Waals surface area contributed by atoms with Gasteiger partial charge in [0.2, 0.25) is 5.91 Å². The van der Waals surface area contributed by atoms with Gasteiger partial charge in [-0.15, -0.1) is 21.5 Å². The number of ether oxygens (including phenoxy) is 1. The van der Waals surface area contributed by atoms with Crippen LogP contribution in [-0.2, 0) is 9.53 Å². The summed E-state index contributed by atoms with van der Waals surface area (Å²) in [6.07, 6.45) is 1.96. The zero-order valence-corrected chi connectivity index (χ0v) is 17.4. The molecule has 0 bridgehead atoms. The summed E-state index contributed by atoms with van der Waals surface area (Å²) in [5.74, 6) is 1.29. The van der Waals surface area contributed by atoms with Crippen molar-refractivity contribution in [2.75, 3.05) is 38.5 Å². The summed E-state index contributed by atoms with van der Waals surface area (Å²) in [4.78, 5) is 29.0. The first-order chi connectivity index (χ1) is 13.7. The monoisotopic (exact) mass is 421 g/mol. The molecule has 10 heteroatoms. The second-order valence-electron chi connectivity index (χ2n) is 6.74. The molecule has 2 amide bonds. The van der Waals surface area contributed by atoms with Crippen LogP contribution in [-0.4, -0.2) is 75.1 Å². The first kappa shape index (κ1) is 19.3. The Morgan fingerprint density at radius 3 is 2.61 bits per heavy atom. The van der Waals surface area contributed by atoms with Crippen LogP contribution in [0.3, 0.4) is 0 Å². The molecule has 0 N–H and O–H groups in total. The third kappa shape index (κ3) is 4.17. The molecule has 1 aliphatic heterocycles. The van der Waals surface area contributed by atoms with Crippen molar-refractivity contribution in [1.29, 1.82) is 0 Å². The van der Waals surface area contributed by atoms with E-state index in [1.807, 2.05) is 11.4 Å². The van der Waals surface area contributed by atoms with Crippen molar-refractivity contribution in [3.05, 3.63) is 17.5 Å². The van der Waals surface area contributed by atoms with Crippen LogP contribution >= 0.6 is 23.1 Å². The molecular weight excluding hydrogens is 398 g/mol. The zero-order chi connectivity index (χ0) is 19.5. The molecule has 28 heavy (non-hydrogen) atoms. The van der Waals surface area contributed by atoms with E-state index in [1.165, 1.54) is 11.8 Å². The summed E-state index contributed by atoms with van der Waals surface area (Å²) in [6, 6.07) is 4.51. The van der Waals surface area contributed by atoms with Crippen molar-refractivity contribution in [2.45, 2.75) is 31.0 Å². The van der Waals surface area contributed by atoms with Gasteiger partial charge >= 0.3 is 6.09 Å². The SMILES string of the molecule is CCOC(=O)N1CCN(C(=O)CSc2nnc(-c3cccs3)n2C2CC2)CC1. The summed E-state index contributed by atoms with van der Waals surface area (Å²) in [6.45, 7) is 4.25. The van der Waals surface area contributed by atoms with Crippen molar-refractivity contribution in [3.8, 4) is 10.7 Å². The minimum atomic E-state index is -0.303. The van der Waals surface area contributed by atoms with Gasteiger partial charge in [-0.3, -0.25) is 9.36 Å². The second kappa shape index (κ2) is 8.52. The lowest BCUT2D eigenvalue weighted by molar-refractivity contribution is -0.129. The van der Waals surface area contributed by atoms with E-state index >= 15 is 0 Å². The van der Waals surface area contributed by atoms with Gasteiger partial charge in [-0.2, -0.15) is 0 Å². The highest BCUT2D eigenvalue weighted by Gasteiger charge is 2.31. The van der Waals surface area contributed by atoms with Crippen LogP contribution in [0.25, 0.3) is 10.7 Å². The summed E-state index contributed by atoms with van der Waals surface area (Å²) >= 11 is 3.10. The third-order valence-electron chi connectivity index (χ3n) is 4.80. The Hall–Kier alpha value is -2.07. The van der Waals surface area contributed by atoms with Gasteiger partial charge in [0.1, 0.15) is 0 Å². The molecular formula is C18H23N5O3S2. The number of rotatable bonds is 6. The maximum atomic E-state index is 12.6. The second-order valence-corrected chi connectivity index (χ2v) is 8.63. The number of carbonyl (C=O) groups excluding carboxylic acids is 2. The van der Waals surface area contributed by atoms with E-state index < -0.39 is 0 Å². The van der Waals surface area contributed by atoms with E-state index in [-0.39, 0.29) is 12.0 Å². The largest absolute Gasteiger partial charge is 0.450 e. The highest BCUT2D eigenvalue weighted by Crippen LogP contribution is 2.41. The molecule has 0 aromatic carbocycles. The number of carbonyl (C=O) groups is 2. The average molecular weight is 422 g/mol. The quantitative estimate of drug-likeness (QED) is 0.667. The highest BCUT2D eigenvalue weighted by atomic mass is 32.2. The van der Waals surface area contributed by atoms with Crippen molar-refractivity contribution >= 4 is 35.1 Å². The van der Waals surface area contributed by atoms with Gasteiger partial charge in [0.25, 0.3) is 0 Å². The number of nitrogens with zero attached hydrogens (tertiary/aromatic N) is 5. The number of hydrogen-bond acceptors (Lipinski definition) is 7. The summed E-state index contributed by atoms with van der Waals surface area (Å²) in [5.41, 5.74) is 0. The molecule has 2 aromatic rings. The molecule has 2 aromatic heterocycles. The molecule has 8 nitrogen and oxygen atoms in total. The lowest BCUT2D eigenvalue weighted by Crippen LogP contribution is -2.51. The fraction of sp³-hybridized carbons (Fsp3) is 0.556. The summed E-state index contributed by atoms with van der Waals surface area (Å²) in [5, 5.41) is 11.6.